The first-order chi connectivity index (χ1) is 12.5. The predicted molar refractivity (Wildman–Crippen MR) is 91.9 cm³/mol. The number of hydrogen-bond donors (Lipinski definition) is 1. The number of aryl methyl sites for hydroxylation is 1. The molecule has 1 unspecified atom stereocenters. The Morgan fingerprint density at radius 3 is 3.00 bits per heavy atom. The van der Waals surface area contributed by atoms with Crippen molar-refractivity contribution in [3.05, 3.63) is 59.4 Å². The lowest BCUT2D eigenvalue weighted by atomic mass is 10.1. The van der Waals surface area contributed by atoms with Crippen molar-refractivity contribution < 1.29 is 18.3 Å². The summed E-state index contributed by atoms with van der Waals surface area (Å²) in [5.74, 6) is 0.0854. The SMILES string of the molecule is Cn1c(CCNC(=O)C2Cc3ccc(F)cc3O2)nc2c(F)cccc21. The minimum absolute atomic E-state index is 0.258. The first-order valence-corrected chi connectivity index (χ1v) is 8.35. The van der Waals surface area contributed by atoms with E-state index >= 15 is 0 Å². The van der Waals surface area contributed by atoms with Crippen molar-refractivity contribution in [1.82, 2.24) is 14.9 Å². The number of para-hydroxylation sites is 1. The zero-order chi connectivity index (χ0) is 18.3. The highest BCUT2D eigenvalue weighted by Gasteiger charge is 2.29. The number of carbonyl (C=O) groups is 1. The summed E-state index contributed by atoms with van der Waals surface area (Å²) in [6.07, 6.45) is 0.216. The van der Waals surface area contributed by atoms with Crippen LogP contribution in [0.3, 0.4) is 0 Å². The van der Waals surface area contributed by atoms with Crippen LogP contribution in [-0.4, -0.2) is 28.1 Å². The summed E-state index contributed by atoms with van der Waals surface area (Å²) in [6, 6.07) is 9.09. The maximum Gasteiger partial charge on any atom is 0.261 e. The molecular formula is C19H17F2N3O2. The summed E-state index contributed by atoms with van der Waals surface area (Å²) in [6.45, 7) is 0.349. The molecular weight excluding hydrogens is 340 g/mol. The highest BCUT2D eigenvalue weighted by atomic mass is 19.1. The molecule has 1 aliphatic rings. The number of nitrogens with zero attached hydrogens (tertiary/aromatic N) is 2. The van der Waals surface area contributed by atoms with Crippen LogP contribution in [0, 0.1) is 11.6 Å². The molecule has 26 heavy (non-hydrogen) atoms. The molecule has 4 rings (SSSR count). The second kappa shape index (κ2) is 6.40. The Morgan fingerprint density at radius 2 is 2.19 bits per heavy atom. The summed E-state index contributed by atoms with van der Waals surface area (Å²) in [7, 11) is 1.82. The third-order valence-corrected chi connectivity index (χ3v) is 4.60. The number of amides is 1. The van der Waals surface area contributed by atoms with Crippen molar-refractivity contribution in [2.75, 3.05) is 6.54 Å². The fourth-order valence-electron chi connectivity index (χ4n) is 3.21. The van der Waals surface area contributed by atoms with Gasteiger partial charge in [0, 0.05) is 32.5 Å². The molecule has 0 saturated heterocycles. The third-order valence-electron chi connectivity index (χ3n) is 4.60. The van der Waals surface area contributed by atoms with Gasteiger partial charge in [0.05, 0.1) is 5.52 Å². The molecule has 1 amide bonds. The average molecular weight is 357 g/mol. The summed E-state index contributed by atoms with van der Waals surface area (Å²) in [4.78, 5) is 16.6. The van der Waals surface area contributed by atoms with Crippen molar-refractivity contribution >= 4 is 16.9 Å². The van der Waals surface area contributed by atoms with E-state index in [-0.39, 0.29) is 17.5 Å². The minimum atomic E-state index is -0.662. The van der Waals surface area contributed by atoms with E-state index < -0.39 is 6.10 Å². The number of nitrogens with one attached hydrogen (secondary N) is 1. The van der Waals surface area contributed by atoms with E-state index in [1.807, 2.05) is 11.6 Å². The zero-order valence-corrected chi connectivity index (χ0v) is 14.1. The Kier molecular flexibility index (Phi) is 4.06. The van der Waals surface area contributed by atoms with Gasteiger partial charge in [-0.2, -0.15) is 0 Å². The number of rotatable bonds is 4. The number of ether oxygens (including phenoxy) is 1. The molecule has 0 bridgehead atoms. The monoisotopic (exact) mass is 357 g/mol. The fraction of sp³-hybridized carbons (Fsp3) is 0.263. The van der Waals surface area contributed by atoms with Gasteiger partial charge in [-0.25, -0.2) is 13.8 Å². The maximum atomic E-state index is 13.8. The van der Waals surface area contributed by atoms with Crippen LogP contribution < -0.4 is 10.1 Å². The van der Waals surface area contributed by atoms with Crippen LogP contribution in [0.15, 0.2) is 36.4 Å². The fourth-order valence-corrected chi connectivity index (χ4v) is 3.21. The molecule has 3 aromatic rings. The van der Waals surface area contributed by atoms with E-state index in [0.717, 1.165) is 5.56 Å². The summed E-state index contributed by atoms with van der Waals surface area (Å²) in [5.41, 5.74) is 1.85. The van der Waals surface area contributed by atoms with Gasteiger partial charge in [0.25, 0.3) is 5.91 Å². The van der Waals surface area contributed by atoms with Crippen LogP contribution in [0.5, 0.6) is 5.75 Å². The van der Waals surface area contributed by atoms with Gasteiger partial charge in [0.2, 0.25) is 0 Å². The highest BCUT2D eigenvalue weighted by Crippen LogP contribution is 2.29. The molecule has 0 saturated carbocycles. The molecule has 1 aliphatic heterocycles. The van der Waals surface area contributed by atoms with Crippen molar-refractivity contribution in [1.29, 1.82) is 0 Å². The first-order valence-electron chi connectivity index (χ1n) is 8.35. The van der Waals surface area contributed by atoms with Crippen LogP contribution >= 0.6 is 0 Å². The molecule has 7 heteroatoms. The van der Waals surface area contributed by atoms with Gasteiger partial charge in [-0.15, -0.1) is 0 Å². The van der Waals surface area contributed by atoms with Crippen LogP contribution in [0.4, 0.5) is 8.78 Å². The van der Waals surface area contributed by atoms with E-state index in [2.05, 4.69) is 10.3 Å². The van der Waals surface area contributed by atoms with Crippen molar-refractivity contribution in [2.24, 2.45) is 7.05 Å². The van der Waals surface area contributed by atoms with Gasteiger partial charge in [0.15, 0.2) is 11.9 Å². The van der Waals surface area contributed by atoms with Gasteiger partial charge in [0.1, 0.15) is 22.9 Å². The Hall–Kier alpha value is -2.96. The third kappa shape index (κ3) is 2.89. The first kappa shape index (κ1) is 16.5. The summed E-state index contributed by atoms with van der Waals surface area (Å²) >= 11 is 0. The Bertz CT molecular complexity index is 1000. The number of imidazole rings is 1. The van der Waals surface area contributed by atoms with E-state index in [1.165, 1.54) is 18.2 Å². The Morgan fingerprint density at radius 1 is 1.35 bits per heavy atom. The summed E-state index contributed by atoms with van der Waals surface area (Å²) < 4.78 is 34.4. The van der Waals surface area contributed by atoms with E-state index in [1.54, 1.807) is 18.2 Å². The van der Waals surface area contributed by atoms with Crippen molar-refractivity contribution in [3.63, 3.8) is 0 Å². The molecule has 0 radical (unpaired) electrons. The normalized spacial score (nSPS) is 15.7. The van der Waals surface area contributed by atoms with Gasteiger partial charge in [-0.05, 0) is 23.8 Å². The molecule has 134 valence electrons. The second-order valence-electron chi connectivity index (χ2n) is 6.30. The number of aromatic nitrogens is 2. The smallest absolute Gasteiger partial charge is 0.261 e. The second-order valence-corrected chi connectivity index (χ2v) is 6.30. The van der Waals surface area contributed by atoms with E-state index in [0.29, 0.717) is 42.0 Å². The zero-order valence-electron chi connectivity index (χ0n) is 14.1. The van der Waals surface area contributed by atoms with Gasteiger partial charge in [-0.1, -0.05) is 12.1 Å². The standard InChI is InChI=1S/C19H17F2N3O2/c1-24-14-4-2-3-13(21)18(14)23-17(24)7-8-22-19(25)16-9-11-5-6-12(20)10-15(11)26-16/h2-6,10,16H,7-9H2,1H3,(H,22,25). The predicted octanol–water partition coefficient (Wildman–Crippen LogP) is 2.51. The summed E-state index contributed by atoms with van der Waals surface area (Å²) in [5, 5.41) is 2.80. The number of hydrogen-bond acceptors (Lipinski definition) is 3. The van der Waals surface area contributed by atoms with Crippen molar-refractivity contribution in [3.8, 4) is 5.75 Å². The molecule has 1 aromatic heterocycles. The lowest BCUT2D eigenvalue weighted by Crippen LogP contribution is -2.38. The lowest BCUT2D eigenvalue weighted by molar-refractivity contribution is -0.127. The lowest BCUT2D eigenvalue weighted by Gasteiger charge is -2.11. The molecule has 2 heterocycles. The molecule has 1 N–H and O–H groups in total. The molecule has 0 spiro atoms. The Labute approximate surface area is 148 Å². The quantitative estimate of drug-likeness (QED) is 0.781. The molecule has 0 aliphatic carbocycles. The van der Waals surface area contributed by atoms with Crippen LogP contribution in [0.1, 0.15) is 11.4 Å². The maximum absolute atomic E-state index is 13.8. The number of fused-ring (bicyclic) bond motifs is 2. The topological polar surface area (TPSA) is 56.2 Å². The van der Waals surface area contributed by atoms with Gasteiger partial charge in [-0.3, -0.25) is 4.79 Å². The van der Waals surface area contributed by atoms with Crippen LogP contribution in [-0.2, 0) is 24.7 Å². The largest absolute Gasteiger partial charge is 0.480 e. The van der Waals surface area contributed by atoms with Crippen LogP contribution in [0.2, 0.25) is 0 Å². The molecule has 5 nitrogen and oxygen atoms in total. The van der Waals surface area contributed by atoms with E-state index in [4.69, 9.17) is 4.74 Å². The molecule has 0 fully saturated rings. The minimum Gasteiger partial charge on any atom is -0.480 e. The highest BCUT2D eigenvalue weighted by molar-refractivity contribution is 5.82. The number of halogens is 2. The van der Waals surface area contributed by atoms with Crippen LogP contribution in [0.25, 0.3) is 11.0 Å². The average Bonchev–Trinajstić information content (AvgIpc) is 3.17. The Balaban J connectivity index is 1.38. The van der Waals surface area contributed by atoms with E-state index in [9.17, 15) is 13.6 Å². The molecule has 1 atom stereocenters. The number of carbonyl (C=O) groups excluding carboxylic acids is 1. The van der Waals surface area contributed by atoms with Crippen molar-refractivity contribution in [2.45, 2.75) is 18.9 Å². The van der Waals surface area contributed by atoms with Gasteiger partial charge >= 0.3 is 0 Å². The van der Waals surface area contributed by atoms with Gasteiger partial charge < -0.3 is 14.6 Å². The number of benzene rings is 2. The molecule has 2 aromatic carbocycles.